The Morgan fingerprint density at radius 1 is 1.00 bits per heavy atom. The van der Waals surface area contributed by atoms with Crippen LogP contribution in [0.5, 0.6) is 5.75 Å². The maximum absolute atomic E-state index is 15.0. The van der Waals surface area contributed by atoms with Gasteiger partial charge >= 0.3 is 0 Å². The van der Waals surface area contributed by atoms with E-state index < -0.39 is 35.2 Å². The van der Waals surface area contributed by atoms with Gasteiger partial charge in [-0.1, -0.05) is 11.6 Å². The number of rotatable bonds is 3. The maximum atomic E-state index is 15.0. The largest absolute Gasteiger partial charge is 0.497 e. The summed E-state index contributed by atoms with van der Waals surface area (Å²) < 4.78 is 62.8. The average molecular weight is 489 g/mol. The highest BCUT2D eigenvalue weighted by Gasteiger charge is 2.37. The van der Waals surface area contributed by atoms with Crippen LogP contribution in [0, 0.1) is 23.3 Å². The summed E-state index contributed by atoms with van der Waals surface area (Å²) in [4.78, 5) is 17.9. The molecule has 2 heterocycles. The number of nitrogens with one attached hydrogen (secondary N) is 1. The highest BCUT2D eigenvalue weighted by Crippen LogP contribution is 2.41. The van der Waals surface area contributed by atoms with Crippen LogP contribution in [0.3, 0.4) is 0 Å². The molecule has 34 heavy (non-hydrogen) atoms. The third-order valence-electron chi connectivity index (χ3n) is 6.09. The fraction of sp³-hybridized carbons (Fsp3) is 0.160. The zero-order chi connectivity index (χ0) is 24.1. The number of hydrogen-bond donors (Lipinski definition) is 1. The number of nitrogens with zero attached hydrogens (tertiary/aromatic N) is 1. The first kappa shape index (κ1) is 22.3. The number of halogens is 5. The molecule has 174 valence electrons. The molecule has 1 aromatic heterocycles. The molecule has 1 aliphatic heterocycles. The molecule has 4 nitrogen and oxygen atoms in total. The molecule has 3 aromatic carbocycles. The van der Waals surface area contributed by atoms with E-state index in [4.69, 9.17) is 16.3 Å². The fourth-order valence-corrected chi connectivity index (χ4v) is 4.67. The molecule has 0 spiro atoms. The first-order valence-electron chi connectivity index (χ1n) is 10.4. The van der Waals surface area contributed by atoms with Crippen molar-refractivity contribution >= 4 is 28.4 Å². The van der Waals surface area contributed by atoms with Crippen molar-refractivity contribution in [3.8, 4) is 5.75 Å². The molecular weight excluding hydrogens is 472 g/mol. The van der Waals surface area contributed by atoms with E-state index in [-0.39, 0.29) is 22.7 Å². The number of carbonyl (C=O) groups is 1. The number of methoxy groups -OCH3 is 1. The topological polar surface area (TPSA) is 45.3 Å². The second-order valence-corrected chi connectivity index (χ2v) is 8.43. The van der Waals surface area contributed by atoms with Gasteiger partial charge in [0, 0.05) is 39.8 Å². The molecule has 0 aliphatic carbocycles. The van der Waals surface area contributed by atoms with Gasteiger partial charge in [-0.3, -0.25) is 4.79 Å². The van der Waals surface area contributed by atoms with Crippen LogP contribution >= 0.6 is 11.6 Å². The van der Waals surface area contributed by atoms with Crippen LogP contribution in [0.25, 0.3) is 10.9 Å². The summed E-state index contributed by atoms with van der Waals surface area (Å²) in [6, 6.07) is 8.87. The minimum absolute atomic E-state index is 0.0745. The molecule has 0 unspecified atom stereocenters. The zero-order valence-electron chi connectivity index (χ0n) is 17.8. The molecule has 0 bridgehead atoms. The first-order chi connectivity index (χ1) is 16.3. The van der Waals surface area contributed by atoms with Crippen molar-refractivity contribution in [2.45, 2.75) is 12.5 Å². The molecule has 1 atom stereocenters. The van der Waals surface area contributed by atoms with Gasteiger partial charge in [-0.2, -0.15) is 0 Å². The highest BCUT2D eigenvalue weighted by atomic mass is 35.5. The van der Waals surface area contributed by atoms with E-state index in [0.29, 0.717) is 29.4 Å². The van der Waals surface area contributed by atoms with E-state index >= 15 is 0 Å². The van der Waals surface area contributed by atoms with Gasteiger partial charge in [0.25, 0.3) is 5.91 Å². The molecule has 0 saturated heterocycles. The maximum Gasteiger partial charge on any atom is 0.257 e. The molecule has 5 rings (SSSR count). The van der Waals surface area contributed by atoms with Gasteiger partial charge in [0.2, 0.25) is 0 Å². The normalized spacial score (nSPS) is 15.5. The Bertz CT molecular complexity index is 1450. The third kappa shape index (κ3) is 3.58. The van der Waals surface area contributed by atoms with E-state index in [9.17, 15) is 22.4 Å². The Morgan fingerprint density at radius 3 is 2.53 bits per heavy atom. The fourth-order valence-electron chi connectivity index (χ4n) is 4.50. The first-order valence-corrected chi connectivity index (χ1v) is 10.7. The lowest BCUT2D eigenvalue weighted by Crippen LogP contribution is -2.41. The molecule has 1 amide bonds. The van der Waals surface area contributed by atoms with Gasteiger partial charge in [-0.05, 0) is 54.4 Å². The van der Waals surface area contributed by atoms with Crippen LogP contribution in [0.2, 0.25) is 5.02 Å². The number of aromatic amines is 1. The summed E-state index contributed by atoms with van der Waals surface area (Å²) in [5.41, 5.74) is 1.34. The summed E-state index contributed by atoms with van der Waals surface area (Å²) in [7, 11) is 1.53. The van der Waals surface area contributed by atoms with Crippen LogP contribution in [0.4, 0.5) is 17.6 Å². The SMILES string of the molecule is COc1ccc2[nH]c3c(c2c1)CCN(C(=O)c1cc(Cl)ccc1F)[C@H]3c1cc(F)c(F)cc1F. The van der Waals surface area contributed by atoms with Crippen LogP contribution in [-0.2, 0) is 6.42 Å². The average Bonchev–Trinajstić information content (AvgIpc) is 3.20. The highest BCUT2D eigenvalue weighted by molar-refractivity contribution is 6.31. The molecule has 1 N–H and O–H groups in total. The number of carbonyl (C=O) groups excluding carboxylic acids is 1. The molecule has 4 aromatic rings. The van der Waals surface area contributed by atoms with Crippen molar-refractivity contribution in [2.24, 2.45) is 0 Å². The second kappa shape index (κ2) is 8.36. The number of aromatic nitrogens is 1. The lowest BCUT2D eigenvalue weighted by atomic mass is 9.91. The second-order valence-electron chi connectivity index (χ2n) is 7.99. The van der Waals surface area contributed by atoms with Crippen molar-refractivity contribution in [3.63, 3.8) is 0 Å². The predicted octanol–water partition coefficient (Wildman–Crippen LogP) is 6.17. The summed E-state index contributed by atoms with van der Waals surface area (Å²) >= 11 is 5.97. The van der Waals surface area contributed by atoms with Crippen molar-refractivity contribution in [1.29, 1.82) is 0 Å². The summed E-state index contributed by atoms with van der Waals surface area (Å²) in [5, 5.41) is 0.944. The smallest absolute Gasteiger partial charge is 0.257 e. The van der Waals surface area contributed by atoms with Crippen molar-refractivity contribution in [1.82, 2.24) is 9.88 Å². The zero-order valence-corrected chi connectivity index (χ0v) is 18.5. The van der Waals surface area contributed by atoms with Gasteiger partial charge < -0.3 is 14.6 Å². The Labute approximate surface area is 196 Å². The molecule has 9 heteroatoms. The monoisotopic (exact) mass is 488 g/mol. The van der Waals surface area contributed by atoms with Crippen molar-refractivity contribution < 1.29 is 27.1 Å². The standard InChI is InChI=1S/C25H17ClF4N2O2/c1-34-13-3-5-22-15(9-13)14-6-7-32(25(33)17-8-12(26)2-4-18(17)27)24(23(14)31-22)16-10-20(29)21(30)11-19(16)28/h2-5,8-11,24,31H,6-7H2,1H3/t24-/m0/s1. The number of amides is 1. The molecule has 0 fully saturated rings. The molecule has 0 saturated carbocycles. The number of fused-ring (bicyclic) bond motifs is 3. The Morgan fingerprint density at radius 2 is 1.76 bits per heavy atom. The van der Waals surface area contributed by atoms with E-state index in [2.05, 4.69) is 4.98 Å². The molecular formula is C25H17ClF4N2O2. The van der Waals surface area contributed by atoms with Gasteiger partial charge in [0.05, 0.1) is 12.7 Å². The summed E-state index contributed by atoms with van der Waals surface area (Å²) in [6.45, 7) is 0.0745. The van der Waals surface area contributed by atoms with Crippen molar-refractivity contribution in [2.75, 3.05) is 13.7 Å². The minimum Gasteiger partial charge on any atom is -0.497 e. The van der Waals surface area contributed by atoms with Crippen LogP contribution in [0.15, 0.2) is 48.5 Å². The van der Waals surface area contributed by atoms with E-state index in [1.165, 1.54) is 24.1 Å². The van der Waals surface area contributed by atoms with Crippen LogP contribution in [-0.4, -0.2) is 29.4 Å². The number of H-pyrrole nitrogens is 1. The predicted molar refractivity (Wildman–Crippen MR) is 119 cm³/mol. The van der Waals surface area contributed by atoms with E-state index in [0.717, 1.165) is 23.1 Å². The quantitative estimate of drug-likeness (QED) is 0.277. The Hall–Kier alpha value is -3.52. The lowest BCUT2D eigenvalue weighted by Gasteiger charge is -2.36. The Kier molecular flexibility index (Phi) is 5.48. The van der Waals surface area contributed by atoms with E-state index in [1.807, 2.05) is 0 Å². The van der Waals surface area contributed by atoms with Crippen LogP contribution in [0.1, 0.15) is 33.2 Å². The molecule has 1 aliphatic rings. The summed E-state index contributed by atoms with van der Waals surface area (Å²) in [5.74, 6) is -4.59. The van der Waals surface area contributed by atoms with E-state index in [1.54, 1.807) is 18.2 Å². The number of hydrogen-bond acceptors (Lipinski definition) is 2. The molecule has 0 radical (unpaired) electrons. The number of benzene rings is 3. The van der Waals surface area contributed by atoms with Gasteiger partial charge in [0.1, 0.15) is 23.4 Å². The lowest BCUT2D eigenvalue weighted by molar-refractivity contribution is 0.0684. The summed E-state index contributed by atoms with van der Waals surface area (Å²) in [6.07, 6.45) is 0.359. The van der Waals surface area contributed by atoms with Crippen LogP contribution < -0.4 is 4.74 Å². The Balaban J connectivity index is 1.73. The number of ether oxygens (including phenoxy) is 1. The van der Waals surface area contributed by atoms with Crippen molar-refractivity contribution in [3.05, 3.63) is 99.2 Å². The minimum atomic E-state index is -1.35. The van der Waals surface area contributed by atoms with Gasteiger partial charge in [0.15, 0.2) is 11.6 Å². The van der Waals surface area contributed by atoms with Gasteiger partial charge in [-0.15, -0.1) is 0 Å². The van der Waals surface area contributed by atoms with Gasteiger partial charge in [-0.25, -0.2) is 17.6 Å². The third-order valence-corrected chi connectivity index (χ3v) is 6.32.